The molecule has 0 aromatic heterocycles. The Hall–Kier alpha value is -1.88. The first-order valence-corrected chi connectivity index (χ1v) is 9.81. The summed E-state index contributed by atoms with van der Waals surface area (Å²) in [6.45, 7) is 4.16. The fourth-order valence-corrected chi connectivity index (χ4v) is 3.94. The van der Waals surface area contributed by atoms with Crippen molar-refractivity contribution in [1.29, 1.82) is 0 Å². The molecule has 0 aliphatic carbocycles. The fourth-order valence-electron chi connectivity index (χ4n) is 2.89. The second kappa shape index (κ2) is 7.13. The standard InChI is InChI=1S/C18H23NO3S/c1-4-19(14(2)13-23(3,21)22)18(20)12-15-9-10-16-7-5-6-8-17(16)11-15/h5-11,14H,4,12-13H2,1-3H3/t14-/m1/s1. The molecule has 0 spiro atoms. The SMILES string of the molecule is CCN(C(=O)Cc1ccc2ccccc2c1)[C@H](C)CS(C)(=O)=O. The maximum absolute atomic E-state index is 12.5. The van der Waals surface area contributed by atoms with Gasteiger partial charge in [-0.3, -0.25) is 4.79 Å². The Balaban J connectivity index is 2.14. The number of rotatable bonds is 6. The third-order valence-corrected chi connectivity index (χ3v) is 4.99. The summed E-state index contributed by atoms with van der Waals surface area (Å²) in [4.78, 5) is 14.2. The number of likely N-dealkylation sites (N-methyl/N-ethyl adjacent to an activating group) is 1. The van der Waals surface area contributed by atoms with Crippen molar-refractivity contribution in [1.82, 2.24) is 4.90 Å². The van der Waals surface area contributed by atoms with Crippen LogP contribution in [0.1, 0.15) is 19.4 Å². The van der Waals surface area contributed by atoms with Crippen LogP contribution in [0.2, 0.25) is 0 Å². The Bertz CT molecular complexity index is 799. The number of carbonyl (C=O) groups is 1. The van der Waals surface area contributed by atoms with Gasteiger partial charge in [-0.1, -0.05) is 42.5 Å². The maximum Gasteiger partial charge on any atom is 0.227 e. The Kier molecular flexibility index (Phi) is 5.42. The first-order chi connectivity index (χ1) is 10.8. The van der Waals surface area contributed by atoms with Crippen LogP contribution in [0.3, 0.4) is 0 Å². The number of hydrogen-bond acceptors (Lipinski definition) is 3. The number of fused-ring (bicyclic) bond motifs is 1. The first kappa shape index (κ1) is 17.5. The van der Waals surface area contributed by atoms with E-state index in [9.17, 15) is 13.2 Å². The van der Waals surface area contributed by atoms with E-state index < -0.39 is 9.84 Å². The minimum Gasteiger partial charge on any atom is -0.339 e. The Morgan fingerprint density at radius 2 is 1.78 bits per heavy atom. The summed E-state index contributed by atoms with van der Waals surface area (Å²) in [7, 11) is -3.11. The van der Waals surface area contributed by atoms with Crippen molar-refractivity contribution >= 4 is 26.5 Å². The summed E-state index contributed by atoms with van der Waals surface area (Å²) in [5.41, 5.74) is 0.943. The molecule has 0 saturated carbocycles. The van der Waals surface area contributed by atoms with Crippen molar-refractivity contribution in [3.63, 3.8) is 0 Å². The summed E-state index contributed by atoms with van der Waals surface area (Å²) >= 11 is 0. The van der Waals surface area contributed by atoms with Gasteiger partial charge >= 0.3 is 0 Å². The van der Waals surface area contributed by atoms with E-state index >= 15 is 0 Å². The van der Waals surface area contributed by atoms with Gasteiger partial charge in [-0.25, -0.2) is 8.42 Å². The lowest BCUT2D eigenvalue weighted by Gasteiger charge is -2.27. The summed E-state index contributed by atoms with van der Waals surface area (Å²) in [5, 5.41) is 2.24. The summed E-state index contributed by atoms with van der Waals surface area (Å²) in [6.07, 6.45) is 1.48. The van der Waals surface area contributed by atoms with Crippen LogP contribution in [0.25, 0.3) is 10.8 Å². The van der Waals surface area contributed by atoms with Crippen LogP contribution in [-0.2, 0) is 21.1 Å². The molecule has 1 atom stereocenters. The minimum absolute atomic E-state index is 0.00962. The molecule has 0 heterocycles. The van der Waals surface area contributed by atoms with Crippen molar-refractivity contribution < 1.29 is 13.2 Å². The zero-order chi connectivity index (χ0) is 17.0. The largest absolute Gasteiger partial charge is 0.339 e. The monoisotopic (exact) mass is 333 g/mol. The number of carbonyl (C=O) groups excluding carboxylic acids is 1. The smallest absolute Gasteiger partial charge is 0.227 e. The molecule has 0 aliphatic rings. The molecule has 0 N–H and O–H groups in total. The van der Waals surface area contributed by atoms with E-state index in [1.807, 2.05) is 49.4 Å². The number of benzene rings is 2. The summed E-state index contributed by atoms with van der Waals surface area (Å²) in [6, 6.07) is 13.7. The number of hydrogen-bond donors (Lipinski definition) is 0. The molecular formula is C18H23NO3S. The van der Waals surface area contributed by atoms with Crippen molar-refractivity contribution in [2.24, 2.45) is 0 Å². The number of sulfone groups is 1. The lowest BCUT2D eigenvalue weighted by molar-refractivity contribution is -0.131. The quantitative estimate of drug-likeness (QED) is 0.817. The van der Waals surface area contributed by atoms with Gasteiger partial charge in [-0.05, 0) is 30.2 Å². The highest BCUT2D eigenvalue weighted by molar-refractivity contribution is 7.90. The minimum atomic E-state index is -3.11. The van der Waals surface area contributed by atoms with Gasteiger partial charge in [0.2, 0.25) is 5.91 Å². The molecule has 0 saturated heterocycles. The number of nitrogens with zero attached hydrogens (tertiary/aromatic N) is 1. The van der Waals surface area contributed by atoms with Gasteiger partial charge in [0, 0.05) is 18.8 Å². The van der Waals surface area contributed by atoms with Gasteiger partial charge in [0.25, 0.3) is 0 Å². The molecule has 4 nitrogen and oxygen atoms in total. The molecule has 23 heavy (non-hydrogen) atoms. The molecule has 0 aliphatic heterocycles. The number of amides is 1. The second-order valence-electron chi connectivity index (χ2n) is 5.98. The van der Waals surface area contributed by atoms with Gasteiger partial charge in [0.15, 0.2) is 0 Å². The van der Waals surface area contributed by atoms with E-state index in [-0.39, 0.29) is 24.1 Å². The van der Waals surface area contributed by atoms with E-state index in [2.05, 4.69) is 0 Å². The van der Waals surface area contributed by atoms with Gasteiger partial charge in [0.05, 0.1) is 12.2 Å². The molecule has 2 aromatic carbocycles. The molecule has 5 heteroatoms. The second-order valence-corrected chi connectivity index (χ2v) is 8.16. The maximum atomic E-state index is 12.5. The molecule has 124 valence electrons. The summed E-state index contributed by atoms with van der Waals surface area (Å²) in [5.74, 6) is -0.0523. The average molecular weight is 333 g/mol. The fraction of sp³-hybridized carbons (Fsp3) is 0.389. The zero-order valence-electron chi connectivity index (χ0n) is 13.8. The van der Waals surface area contributed by atoms with Gasteiger partial charge < -0.3 is 4.90 Å². The third kappa shape index (κ3) is 4.79. The summed E-state index contributed by atoms with van der Waals surface area (Å²) < 4.78 is 22.9. The molecule has 0 unspecified atom stereocenters. The third-order valence-electron chi connectivity index (χ3n) is 3.91. The van der Waals surface area contributed by atoms with Gasteiger partial charge in [-0.15, -0.1) is 0 Å². The molecule has 1 amide bonds. The molecule has 2 rings (SSSR count). The normalized spacial score (nSPS) is 13.0. The zero-order valence-corrected chi connectivity index (χ0v) is 14.6. The Morgan fingerprint density at radius 3 is 2.39 bits per heavy atom. The Morgan fingerprint density at radius 1 is 1.13 bits per heavy atom. The highest BCUT2D eigenvalue weighted by Crippen LogP contribution is 2.17. The van der Waals surface area contributed by atoms with E-state index in [4.69, 9.17) is 0 Å². The topological polar surface area (TPSA) is 54.5 Å². The average Bonchev–Trinajstić information content (AvgIpc) is 2.46. The molecule has 0 bridgehead atoms. The van der Waals surface area contributed by atoms with E-state index in [1.54, 1.807) is 11.8 Å². The molecular weight excluding hydrogens is 310 g/mol. The first-order valence-electron chi connectivity index (χ1n) is 7.75. The Labute approximate surface area is 138 Å². The van der Waals surface area contributed by atoms with Crippen LogP contribution in [-0.4, -0.2) is 43.8 Å². The van der Waals surface area contributed by atoms with Crippen LogP contribution < -0.4 is 0 Å². The predicted octanol–water partition coefficient (Wildman–Crippen LogP) is 2.66. The van der Waals surface area contributed by atoms with Crippen molar-refractivity contribution in [2.75, 3.05) is 18.6 Å². The lowest BCUT2D eigenvalue weighted by Crippen LogP contribution is -2.42. The highest BCUT2D eigenvalue weighted by Gasteiger charge is 2.22. The predicted molar refractivity (Wildman–Crippen MR) is 94.2 cm³/mol. The van der Waals surface area contributed by atoms with E-state index in [0.29, 0.717) is 6.54 Å². The van der Waals surface area contributed by atoms with E-state index in [0.717, 1.165) is 16.3 Å². The van der Waals surface area contributed by atoms with Crippen molar-refractivity contribution in [2.45, 2.75) is 26.3 Å². The van der Waals surface area contributed by atoms with Crippen LogP contribution in [0.4, 0.5) is 0 Å². The van der Waals surface area contributed by atoms with Crippen LogP contribution in [0.15, 0.2) is 42.5 Å². The van der Waals surface area contributed by atoms with Crippen LogP contribution >= 0.6 is 0 Å². The van der Waals surface area contributed by atoms with Gasteiger partial charge in [-0.2, -0.15) is 0 Å². The molecule has 0 fully saturated rings. The molecule has 0 radical (unpaired) electrons. The highest BCUT2D eigenvalue weighted by atomic mass is 32.2. The lowest BCUT2D eigenvalue weighted by atomic mass is 10.0. The van der Waals surface area contributed by atoms with Crippen molar-refractivity contribution in [3.8, 4) is 0 Å². The van der Waals surface area contributed by atoms with Crippen molar-refractivity contribution in [3.05, 3.63) is 48.0 Å². The van der Waals surface area contributed by atoms with Gasteiger partial charge in [0.1, 0.15) is 9.84 Å². The molecule has 2 aromatic rings. The van der Waals surface area contributed by atoms with Crippen LogP contribution in [0, 0.1) is 0 Å². The van der Waals surface area contributed by atoms with E-state index in [1.165, 1.54) is 6.26 Å². The van der Waals surface area contributed by atoms with Crippen LogP contribution in [0.5, 0.6) is 0 Å².